The van der Waals surface area contributed by atoms with Crippen LogP contribution in [0.4, 0.5) is 0 Å². The third kappa shape index (κ3) is 2.90. The van der Waals surface area contributed by atoms with Crippen molar-refractivity contribution in [3.8, 4) is 0 Å². The number of H-pyrrole nitrogens is 2. The molecule has 3 heterocycles. The van der Waals surface area contributed by atoms with E-state index < -0.39 is 0 Å². The summed E-state index contributed by atoms with van der Waals surface area (Å²) in [5.41, 5.74) is 4.21. The Morgan fingerprint density at radius 2 is 2.08 bits per heavy atom. The van der Waals surface area contributed by atoms with Crippen LogP contribution in [0.5, 0.6) is 0 Å². The van der Waals surface area contributed by atoms with Gasteiger partial charge in [0, 0.05) is 12.2 Å². The first-order chi connectivity index (χ1) is 12.1. The minimum Gasteiger partial charge on any atom is -0.330 e. The number of fused-ring (bicyclic) bond motifs is 1. The molecule has 0 unspecified atom stereocenters. The van der Waals surface area contributed by atoms with E-state index in [1.54, 1.807) is 6.20 Å². The summed E-state index contributed by atoms with van der Waals surface area (Å²) in [5, 5.41) is 7.15. The van der Waals surface area contributed by atoms with Gasteiger partial charge in [-0.15, -0.1) is 0 Å². The molecule has 0 aromatic carbocycles. The predicted molar refractivity (Wildman–Crippen MR) is 94.7 cm³/mol. The van der Waals surface area contributed by atoms with Crippen molar-refractivity contribution in [2.45, 2.75) is 57.9 Å². The van der Waals surface area contributed by atoms with E-state index in [9.17, 15) is 9.59 Å². The zero-order valence-electron chi connectivity index (χ0n) is 14.6. The molecule has 0 saturated carbocycles. The first-order valence-corrected chi connectivity index (χ1v) is 9.21. The summed E-state index contributed by atoms with van der Waals surface area (Å²) < 4.78 is 0. The molecule has 2 aromatic rings. The van der Waals surface area contributed by atoms with E-state index in [1.165, 1.54) is 0 Å². The number of carbonyl (C=O) groups is 1. The number of rotatable bonds is 2. The molecule has 1 saturated heterocycles. The molecule has 4 rings (SSSR count). The maximum Gasteiger partial charge on any atom is 0.261 e. The number of nitrogens with zero attached hydrogens (tertiary/aromatic N) is 2. The van der Waals surface area contributed by atoms with E-state index in [0.29, 0.717) is 6.54 Å². The average Bonchev–Trinajstić information content (AvgIpc) is 3.06. The number of hydrogen-bond donors (Lipinski definition) is 2. The first-order valence-electron chi connectivity index (χ1n) is 9.21. The summed E-state index contributed by atoms with van der Waals surface area (Å²) in [7, 11) is 0. The van der Waals surface area contributed by atoms with Gasteiger partial charge in [0.2, 0.25) is 0 Å². The Kier molecular flexibility index (Phi) is 4.19. The largest absolute Gasteiger partial charge is 0.330 e. The van der Waals surface area contributed by atoms with Crippen LogP contribution < -0.4 is 5.56 Å². The molecule has 1 atom stereocenters. The number of hydrogen-bond acceptors (Lipinski definition) is 3. The Hall–Kier alpha value is -2.37. The van der Waals surface area contributed by atoms with Gasteiger partial charge in [-0.05, 0) is 69.1 Å². The minimum absolute atomic E-state index is 0.0285. The van der Waals surface area contributed by atoms with Crippen molar-refractivity contribution in [3.63, 3.8) is 0 Å². The monoisotopic (exact) mass is 340 g/mol. The van der Waals surface area contributed by atoms with Gasteiger partial charge >= 0.3 is 0 Å². The van der Waals surface area contributed by atoms with Crippen molar-refractivity contribution in [1.29, 1.82) is 0 Å². The van der Waals surface area contributed by atoms with Gasteiger partial charge < -0.3 is 9.88 Å². The molecule has 1 aliphatic carbocycles. The zero-order chi connectivity index (χ0) is 17.4. The van der Waals surface area contributed by atoms with Crippen LogP contribution in [0, 0.1) is 6.92 Å². The van der Waals surface area contributed by atoms with Gasteiger partial charge in [0.15, 0.2) is 0 Å². The van der Waals surface area contributed by atoms with Crippen molar-refractivity contribution in [2.75, 3.05) is 6.54 Å². The fraction of sp³-hybridized carbons (Fsp3) is 0.526. The highest BCUT2D eigenvalue weighted by Crippen LogP contribution is 2.32. The molecule has 2 N–H and O–H groups in total. The summed E-state index contributed by atoms with van der Waals surface area (Å²) in [6, 6.07) is 1.81. The lowest BCUT2D eigenvalue weighted by atomic mass is 9.93. The molecule has 132 valence electrons. The normalized spacial score (nSPS) is 20.4. The molecule has 25 heavy (non-hydrogen) atoms. The van der Waals surface area contributed by atoms with Crippen LogP contribution in [0.25, 0.3) is 0 Å². The second-order valence-corrected chi connectivity index (χ2v) is 7.20. The van der Waals surface area contributed by atoms with E-state index in [1.807, 2.05) is 17.9 Å². The van der Waals surface area contributed by atoms with Crippen molar-refractivity contribution in [2.24, 2.45) is 0 Å². The summed E-state index contributed by atoms with van der Waals surface area (Å²) in [6.45, 7) is 2.68. The highest BCUT2D eigenvalue weighted by Gasteiger charge is 2.32. The second kappa shape index (κ2) is 6.50. The van der Waals surface area contributed by atoms with Crippen LogP contribution >= 0.6 is 0 Å². The smallest absolute Gasteiger partial charge is 0.261 e. The van der Waals surface area contributed by atoms with Crippen molar-refractivity contribution >= 4 is 5.91 Å². The number of aromatic amines is 2. The number of likely N-dealkylation sites (tertiary alicyclic amines) is 1. The number of nitrogens with one attached hydrogen (secondary N) is 2. The van der Waals surface area contributed by atoms with Gasteiger partial charge in [0.1, 0.15) is 5.56 Å². The van der Waals surface area contributed by atoms with Crippen LogP contribution in [-0.2, 0) is 12.8 Å². The molecule has 0 spiro atoms. The fourth-order valence-corrected chi connectivity index (χ4v) is 4.16. The van der Waals surface area contributed by atoms with E-state index in [-0.39, 0.29) is 23.1 Å². The number of pyridine rings is 1. The Bertz CT molecular complexity index is 851. The maximum absolute atomic E-state index is 13.2. The summed E-state index contributed by atoms with van der Waals surface area (Å²) in [4.78, 5) is 30.5. The van der Waals surface area contributed by atoms with Crippen LogP contribution in [0.15, 0.2) is 17.1 Å². The molecule has 1 amide bonds. The fourth-order valence-electron chi connectivity index (χ4n) is 4.16. The summed E-state index contributed by atoms with van der Waals surface area (Å²) >= 11 is 0. The molecule has 0 radical (unpaired) electrons. The Labute approximate surface area is 146 Å². The molecule has 0 bridgehead atoms. The molecular formula is C19H24N4O2. The third-order valence-corrected chi connectivity index (χ3v) is 5.53. The highest BCUT2D eigenvalue weighted by atomic mass is 16.2. The number of carbonyl (C=O) groups excluding carboxylic acids is 1. The predicted octanol–water partition coefficient (Wildman–Crippen LogP) is 2.65. The number of piperidine rings is 1. The van der Waals surface area contributed by atoms with Crippen LogP contribution in [0.1, 0.15) is 71.0 Å². The van der Waals surface area contributed by atoms with Crippen LogP contribution in [0.3, 0.4) is 0 Å². The molecular weight excluding hydrogens is 316 g/mol. The summed E-state index contributed by atoms with van der Waals surface area (Å²) in [6.07, 6.45) is 8.80. The SMILES string of the molecule is Cc1cn[nH]c1[C@@H]1CCCCN1C(=O)c1cc2c([nH]c1=O)CCCC2. The number of aromatic nitrogens is 3. The van der Waals surface area contributed by atoms with Crippen LogP contribution in [0.2, 0.25) is 0 Å². The quantitative estimate of drug-likeness (QED) is 0.882. The van der Waals surface area contributed by atoms with E-state index in [4.69, 9.17) is 0 Å². The zero-order valence-corrected chi connectivity index (χ0v) is 14.6. The van der Waals surface area contributed by atoms with Gasteiger partial charge in [-0.3, -0.25) is 14.7 Å². The van der Waals surface area contributed by atoms with Gasteiger partial charge in [-0.1, -0.05) is 0 Å². The van der Waals surface area contributed by atoms with E-state index in [2.05, 4.69) is 15.2 Å². The van der Waals surface area contributed by atoms with Gasteiger partial charge in [-0.25, -0.2) is 0 Å². The average molecular weight is 340 g/mol. The Morgan fingerprint density at radius 3 is 2.88 bits per heavy atom. The Morgan fingerprint density at radius 1 is 1.24 bits per heavy atom. The summed E-state index contributed by atoms with van der Waals surface area (Å²) in [5.74, 6) is -0.159. The molecule has 1 aliphatic heterocycles. The molecule has 6 nitrogen and oxygen atoms in total. The van der Waals surface area contributed by atoms with Crippen molar-refractivity contribution < 1.29 is 4.79 Å². The first kappa shape index (κ1) is 16.1. The topological polar surface area (TPSA) is 81.8 Å². The van der Waals surface area contributed by atoms with E-state index in [0.717, 1.165) is 67.5 Å². The molecule has 6 heteroatoms. The lowest BCUT2D eigenvalue weighted by Gasteiger charge is -2.35. The lowest BCUT2D eigenvalue weighted by Crippen LogP contribution is -2.41. The van der Waals surface area contributed by atoms with Gasteiger partial charge in [-0.2, -0.15) is 5.10 Å². The third-order valence-electron chi connectivity index (χ3n) is 5.53. The lowest BCUT2D eigenvalue weighted by molar-refractivity contribution is 0.0603. The van der Waals surface area contributed by atoms with Crippen LogP contribution in [-0.4, -0.2) is 32.5 Å². The highest BCUT2D eigenvalue weighted by molar-refractivity contribution is 5.94. The standard InChI is InChI=1S/C19H24N4O2/c1-12-11-20-22-17(12)16-8-4-5-9-23(16)19(25)14-10-13-6-2-3-7-15(13)21-18(14)24/h10-11,16H,2-9H2,1H3,(H,20,22)(H,21,24)/t16-/m0/s1. The maximum atomic E-state index is 13.2. The van der Waals surface area contributed by atoms with Crippen molar-refractivity contribution in [3.05, 3.63) is 50.7 Å². The second-order valence-electron chi connectivity index (χ2n) is 7.20. The Balaban J connectivity index is 1.69. The molecule has 2 aliphatic rings. The van der Waals surface area contributed by atoms with E-state index >= 15 is 0 Å². The number of aryl methyl sites for hydroxylation is 3. The minimum atomic E-state index is -0.253. The van der Waals surface area contributed by atoms with Crippen molar-refractivity contribution in [1.82, 2.24) is 20.1 Å². The number of amides is 1. The molecule has 2 aromatic heterocycles. The molecule has 1 fully saturated rings. The van der Waals surface area contributed by atoms with Gasteiger partial charge in [0.05, 0.1) is 17.9 Å². The van der Waals surface area contributed by atoms with Gasteiger partial charge in [0.25, 0.3) is 11.5 Å².